The Kier molecular flexibility index (Phi) is 3.99. The van der Waals surface area contributed by atoms with Crippen LogP contribution in [0.2, 0.25) is 0 Å². The van der Waals surface area contributed by atoms with E-state index < -0.39 is 6.04 Å². The minimum atomic E-state index is -0.540. The Labute approximate surface area is 81.5 Å². The number of nitrogens with one attached hydrogen (secondary N) is 1. The fourth-order valence-electron chi connectivity index (χ4n) is 1.52. The lowest BCUT2D eigenvalue weighted by Crippen LogP contribution is -2.43. The molecule has 1 atom stereocenters. The molecule has 0 spiro atoms. The van der Waals surface area contributed by atoms with Crippen molar-refractivity contribution in [3.05, 3.63) is 0 Å². The predicted molar refractivity (Wildman–Crippen MR) is 47.3 cm³/mol. The van der Waals surface area contributed by atoms with E-state index in [4.69, 9.17) is 10.2 Å². The molecule has 3 N–H and O–H groups in total. The van der Waals surface area contributed by atoms with Crippen LogP contribution >= 0.6 is 0 Å². The van der Waals surface area contributed by atoms with Gasteiger partial charge in [0, 0.05) is 13.1 Å². The number of amides is 2. The normalized spacial score (nSPS) is 21.8. The summed E-state index contributed by atoms with van der Waals surface area (Å²) in [5.41, 5.74) is 0. The van der Waals surface area contributed by atoms with E-state index in [1.54, 1.807) is 4.90 Å². The van der Waals surface area contributed by atoms with Crippen molar-refractivity contribution in [1.29, 1.82) is 0 Å². The molecule has 1 aliphatic heterocycles. The van der Waals surface area contributed by atoms with Crippen molar-refractivity contribution in [2.24, 2.45) is 0 Å². The summed E-state index contributed by atoms with van der Waals surface area (Å²) >= 11 is 0. The zero-order chi connectivity index (χ0) is 10.6. The molecule has 80 valence electrons. The molecule has 14 heavy (non-hydrogen) atoms. The molecule has 1 rings (SSSR count). The molecule has 1 saturated heterocycles. The zero-order valence-electron chi connectivity index (χ0n) is 7.77. The lowest BCUT2D eigenvalue weighted by molar-refractivity contribution is -0.126. The van der Waals surface area contributed by atoms with Crippen LogP contribution in [0.1, 0.15) is 6.42 Å². The summed E-state index contributed by atoms with van der Waals surface area (Å²) in [5.74, 6) is -0.655. The summed E-state index contributed by atoms with van der Waals surface area (Å²) < 4.78 is 0. The minimum absolute atomic E-state index is 0.0992. The summed E-state index contributed by atoms with van der Waals surface area (Å²) in [4.78, 5) is 23.7. The third kappa shape index (κ3) is 2.50. The van der Waals surface area contributed by atoms with Crippen LogP contribution in [-0.2, 0) is 9.59 Å². The van der Waals surface area contributed by atoms with Gasteiger partial charge in [-0.25, -0.2) is 0 Å². The van der Waals surface area contributed by atoms with E-state index in [0.29, 0.717) is 0 Å². The van der Waals surface area contributed by atoms with Crippen molar-refractivity contribution in [3.8, 4) is 0 Å². The molecule has 0 aromatic heterocycles. The predicted octanol–water partition coefficient (Wildman–Crippen LogP) is -2.31. The summed E-state index contributed by atoms with van der Waals surface area (Å²) in [7, 11) is 0. The summed E-state index contributed by atoms with van der Waals surface area (Å²) in [6.45, 7) is 0.369. The minimum Gasteiger partial charge on any atom is -0.395 e. The van der Waals surface area contributed by atoms with Gasteiger partial charge in [-0.15, -0.1) is 0 Å². The lowest BCUT2D eigenvalue weighted by atomic mass is 10.2. The fraction of sp³-hybridized carbons (Fsp3) is 0.750. The molecular formula is C8H14N2O4. The molecule has 0 saturated carbocycles. The monoisotopic (exact) mass is 202 g/mol. The van der Waals surface area contributed by atoms with Crippen LogP contribution in [0.3, 0.4) is 0 Å². The fourth-order valence-corrected chi connectivity index (χ4v) is 1.52. The molecule has 1 fully saturated rings. The van der Waals surface area contributed by atoms with Gasteiger partial charge < -0.3 is 10.2 Å². The van der Waals surface area contributed by atoms with Crippen molar-refractivity contribution in [1.82, 2.24) is 10.2 Å². The Morgan fingerprint density at radius 1 is 1.29 bits per heavy atom. The largest absolute Gasteiger partial charge is 0.395 e. The van der Waals surface area contributed by atoms with Gasteiger partial charge in [0.1, 0.15) is 0 Å². The van der Waals surface area contributed by atoms with E-state index >= 15 is 0 Å². The molecule has 2 amide bonds. The highest BCUT2D eigenvalue weighted by Gasteiger charge is 2.34. The van der Waals surface area contributed by atoms with Crippen LogP contribution < -0.4 is 5.32 Å². The van der Waals surface area contributed by atoms with Crippen LogP contribution in [0.25, 0.3) is 0 Å². The number of nitrogens with zero attached hydrogens (tertiary/aromatic N) is 1. The summed E-state index contributed by atoms with van der Waals surface area (Å²) in [6.07, 6.45) is 0.110. The first-order valence-corrected chi connectivity index (χ1v) is 4.48. The number of carbonyl (C=O) groups is 2. The molecule has 1 unspecified atom stereocenters. The number of aliphatic hydroxyl groups excluding tert-OH is 2. The van der Waals surface area contributed by atoms with E-state index in [9.17, 15) is 9.59 Å². The number of aliphatic hydroxyl groups is 2. The maximum atomic E-state index is 11.2. The quantitative estimate of drug-likeness (QED) is 0.436. The smallest absolute Gasteiger partial charge is 0.244 e. The number of carbonyl (C=O) groups excluding carboxylic acids is 2. The Bertz CT molecular complexity index is 225. The van der Waals surface area contributed by atoms with Crippen molar-refractivity contribution < 1.29 is 19.8 Å². The highest BCUT2D eigenvalue weighted by atomic mass is 16.3. The molecule has 6 nitrogen and oxygen atoms in total. The van der Waals surface area contributed by atoms with Gasteiger partial charge in [-0.3, -0.25) is 19.8 Å². The molecule has 0 aliphatic carbocycles. The van der Waals surface area contributed by atoms with Gasteiger partial charge in [0.25, 0.3) is 0 Å². The molecular weight excluding hydrogens is 188 g/mol. The molecule has 1 aliphatic rings. The van der Waals surface area contributed by atoms with Gasteiger partial charge in [0.15, 0.2) is 0 Å². The van der Waals surface area contributed by atoms with Crippen LogP contribution in [0.4, 0.5) is 0 Å². The summed E-state index contributed by atoms with van der Waals surface area (Å²) in [5, 5.41) is 19.7. The van der Waals surface area contributed by atoms with Crippen LogP contribution in [0.15, 0.2) is 0 Å². The second-order valence-corrected chi connectivity index (χ2v) is 3.12. The number of rotatable bonds is 5. The first kappa shape index (κ1) is 11.1. The van der Waals surface area contributed by atoms with E-state index in [-0.39, 0.29) is 44.5 Å². The van der Waals surface area contributed by atoms with Crippen LogP contribution in [0.5, 0.6) is 0 Å². The molecule has 0 bridgehead atoms. The Hall–Kier alpha value is -0.980. The molecule has 0 radical (unpaired) electrons. The lowest BCUT2D eigenvalue weighted by Gasteiger charge is -2.24. The standard InChI is InChI=1S/C8H14N2O4/c11-3-1-10(2-4-12)6-5-7(13)9-8(6)14/h6,11-12H,1-5H2,(H,9,13,14). The van der Waals surface area contributed by atoms with E-state index in [2.05, 4.69) is 5.32 Å². The molecule has 0 aromatic carbocycles. The van der Waals surface area contributed by atoms with E-state index in [0.717, 1.165) is 0 Å². The third-order valence-corrected chi connectivity index (χ3v) is 2.16. The average Bonchev–Trinajstić information content (AvgIpc) is 2.45. The highest BCUT2D eigenvalue weighted by molar-refractivity contribution is 6.05. The van der Waals surface area contributed by atoms with Crippen molar-refractivity contribution in [3.63, 3.8) is 0 Å². The van der Waals surface area contributed by atoms with Crippen molar-refractivity contribution >= 4 is 11.8 Å². The SMILES string of the molecule is O=C1CC(N(CCO)CCO)C(=O)N1. The van der Waals surface area contributed by atoms with Crippen LogP contribution in [0, 0.1) is 0 Å². The topological polar surface area (TPSA) is 89.9 Å². The maximum Gasteiger partial charge on any atom is 0.244 e. The van der Waals surface area contributed by atoms with Crippen molar-refractivity contribution in [2.75, 3.05) is 26.3 Å². The van der Waals surface area contributed by atoms with E-state index in [1.807, 2.05) is 0 Å². The third-order valence-electron chi connectivity index (χ3n) is 2.16. The Morgan fingerprint density at radius 3 is 2.21 bits per heavy atom. The number of imide groups is 1. The van der Waals surface area contributed by atoms with Crippen molar-refractivity contribution in [2.45, 2.75) is 12.5 Å². The first-order chi connectivity index (χ1) is 6.69. The second-order valence-electron chi connectivity index (χ2n) is 3.12. The second kappa shape index (κ2) is 5.04. The molecule has 6 heteroatoms. The molecule has 0 aromatic rings. The Morgan fingerprint density at radius 2 is 1.86 bits per heavy atom. The van der Waals surface area contributed by atoms with Gasteiger partial charge in [-0.1, -0.05) is 0 Å². The number of hydrogen-bond donors (Lipinski definition) is 3. The van der Waals surface area contributed by atoms with Gasteiger partial charge in [-0.05, 0) is 0 Å². The Balaban J connectivity index is 2.58. The average molecular weight is 202 g/mol. The van der Waals surface area contributed by atoms with Gasteiger partial charge in [-0.2, -0.15) is 0 Å². The highest BCUT2D eigenvalue weighted by Crippen LogP contribution is 2.09. The van der Waals surface area contributed by atoms with Gasteiger partial charge in [0.05, 0.1) is 25.7 Å². The maximum absolute atomic E-state index is 11.2. The van der Waals surface area contributed by atoms with Crippen LogP contribution in [-0.4, -0.2) is 59.3 Å². The van der Waals surface area contributed by atoms with E-state index in [1.165, 1.54) is 0 Å². The summed E-state index contributed by atoms with van der Waals surface area (Å²) in [6, 6.07) is -0.540. The number of hydrogen-bond acceptors (Lipinski definition) is 5. The van der Waals surface area contributed by atoms with Gasteiger partial charge in [0.2, 0.25) is 11.8 Å². The van der Waals surface area contributed by atoms with Gasteiger partial charge >= 0.3 is 0 Å². The zero-order valence-corrected chi connectivity index (χ0v) is 7.77. The first-order valence-electron chi connectivity index (χ1n) is 4.48. The molecule has 1 heterocycles.